The predicted octanol–water partition coefficient (Wildman–Crippen LogP) is 4.78. The lowest BCUT2D eigenvalue weighted by Crippen LogP contribution is -2.37. The van der Waals surface area contributed by atoms with E-state index in [4.69, 9.17) is 0 Å². The molecular formula is C24H23NO4S2. The van der Waals surface area contributed by atoms with Gasteiger partial charge in [0.2, 0.25) is 0 Å². The van der Waals surface area contributed by atoms with Crippen LogP contribution >= 0.6 is 0 Å². The third-order valence-electron chi connectivity index (χ3n) is 5.21. The highest BCUT2D eigenvalue weighted by Crippen LogP contribution is 2.43. The number of hydrogen-bond donors (Lipinski definition) is 0. The van der Waals surface area contributed by atoms with E-state index in [0.29, 0.717) is 22.4 Å². The fraction of sp³-hybridized carbons (Fsp3) is 0.167. The van der Waals surface area contributed by atoms with E-state index in [2.05, 4.69) is 0 Å². The van der Waals surface area contributed by atoms with Crippen LogP contribution in [0.25, 0.3) is 5.57 Å². The van der Waals surface area contributed by atoms with E-state index in [1.165, 1.54) is 21.8 Å². The van der Waals surface area contributed by atoms with Gasteiger partial charge in [0.15, 0.2) is 9.84 Å². The van der Waals surface area contributed by atoms with Gasteiger partial charge in [-0.15, -0.1) is 0 Å². The zero-order chi connectivity index (χ0) is 22.4. The Morgan fingerprint density at radius 1 is 0.871 bits per heavy atom. The van der Waals surface area contributed by atoms with Gasteiger partial charge in [-0.05, 0) is 45.0 Å². The molecule has 0 aliphatic carbocycles. The number of benzene rings is 3. The van der Waals surface area contributed by atoms with Crippen LogP contribution in [0.2, 0.25) is 0 Å². The molecule has 0 amide bonds. The molecule has 5 nitrogen and oxygen atoms in total. The van der Waals surface area contributed by atoms with Crippen molar-refractivity contribution in [3.8, 4) is 0 Å². The molecule has 0 bridgehead atoms. The van der Waals surface area contributed by atoms with Crippen LogP contribution < -0.4 is 4.31 Å². The minimum atomic E-state index is -3.90. The summed E-state index contributed by atoms with van der Waals surface area (Å²) in [6.07, 6.45) is 0. The topological polar surface area (TPSA) is 71.5 Å². The zero-order valence-corrected chi connectivity index (χ0v) is 19.1. The molecule has 0 atom stereocenters. The Morgan fingerprint density at radius 2 is 1.52 bits per heavy atom. The van der Waals surface area contributed by atoms with E-state index < -0.39 is 19.9 Å². The first kappa shape index (κ1) is 21.3. The van der Waals surface area contributed by atoms with Gasteiger partial charge in [-0.3, -0.25) is 4.31 Å². The third kappa shape index (κ3) is 3.68. The maximum absolute atomic E-state index is 13.7. The van der Waals surface area contributed by atoms with Gasteiger partial charge in [-0.1, -0.05) is 54.1 Å². The van der Waals surface area contributed by atoms with Crippen molar-refractivity contribution in [1.82, 2.24) is 0 Å². The van der Waals surface area contributed by atoms with E-state index in [1.807, 2.05) is 6.92 Å². The molecule has 0 radical (unpaired) electrons. The summed E-state index contributed by atoms with van der Waals surface area (Å²) < 4.78 is 55.2. The van der Waals surface area contributed by atoms with Crippen LogP contribution in [0.15, 0.2) is 88.0 Å². The fourth-order valence-electron chi connectivity index (χ4n) is 3.87. The van der Waals surface area contributed by atoms with Crippen LogP contribution in [-0.2, 0) is 19.9 Å². The standard InChI is InChI=1S/C24H23NO4S2/c1-17(2)25-23-12-8-7-11-20(23)22(16-30(26,27)19-9-5-4-6-10-19)21-15-18(3)13-14-24(21)31(25,28)29/h4-17H,1-3H3/b22-16+. The quantitative estimate of drug-likeness (QED) is 0.572. The summed E-state index contributed by atoms with van der Waals surface area (Å²) in [7, 11) is -7.73. The summed E-state index contributed by atoms with van der Waals surface area (Å²) in [4.78, 5) is 0.250. The summed E-state index contributed by atoms with van der Waals surface area (Å²) in [5.41, 5.74) is 2.61. The van der Waals surface area contributed by atoms with Crippen LogP contribution in [0.1, 0.15) is 30.5 Å². The molecule has 0 saturated carbocycles. The average molecular weight is 454 g/mol. The van der Waals surface area contributed by atoms with Crippen LogP contribution in [-0.4, -0.2) is 22.9 Å². The summed E-state index contributed by atoms with van der Waals surface area (Å²) in [5.74, 6) is 0. The molecule has 31 heavy (non-hydrogen) atoms. The molecular weight excluding hydrogens is 430 g/mol. The van der Waals surface area contributed by atoms with Gasteiger partial charge in [0.05, 0.1) is 15.5 Å². The molecule has 160 valence electrons. The molecule has 0 saturated heterocycles. The van der Waals surface area contributed by atoms with E-state index in [9.17, 15) is 16.8 Å². The van der Waals surface area contributed by atoms with Gasteiger partial charge in [-0.25, -0.2) is 16.8 Å². The van der Waals surface area contributed by atoms with Crippen molar-refractivity contribution >= 4 is 31.1 Å². The second kappa shape index (κ2) is 7.66. The SMILES string of the molecule is Cc1ccc2c(c1)/C(=C/S(=O)(=O)c1ccccc1)c1ccccc1N(C(C)C)S2(=O)=O. The third-order valence-corrected chi connectivity index (χ3v) is 8.73. The predicted molar refractivity (Wildman–Crippen MR) is 123 cm³/mol. The second-order valence-electron chi connectivity index (χ2n) is 7.80. The van der Waals surface area contributed by atoms with Crippen molar-refractivity contribution in [2.24, 2.45) is 0 Å². The highest BCUT2D eigenvalue weighted by atomic mass is 32.2. The van der Waals surface area contributed by atoms with Crippen molar-refractivity contribution in [3.05, 3.63) is 94.9 Å². The summed E-state index contributed by atoms with van der Waals surface area (Å²) in [6.45, 7) is 5.46. The summed E-state index contributed by atoms with van der Waals surface area (Å²) in [6, 6.07) is 19.8. The molecule has 0 aromatic heterocycles. The van der Waals surface area contributed by atoms with E-state index >= 15 is 0 Å². The van der Waals surface area contributed by atoms with Crippen molar-refractivity contribution < 1.29 is 16.8 Å². The lowest BCUT2D eigenvalue weighted by molar-refractivity contribution is 0.584. The number of rotatable bonds is 3. The molecule has 1 aliphatic rings. The Balaban J connectivity index is 2.14. The van der Waals surface area contributed by atoms with E-state index in [0.717, 1.165) is 5.56 Å². The Hall–Kier alpha value is -2.90. The van der Waals surface area contributed by atoms with Gasteiger partial charge in [0, 0.05) is 28.1 Å². The van der Waals surface area contributed by atoms with Crippen molar-refractivity contribution in [2.75, 3.05) is 4.31 Å². The van der Waals surface area contributed by atoms with Crippen LogP contribution in [0.5, 0.6) is 0 Å². The van der Waals surface area contributed by atoms with Crippen molar-refractivity contribution in [3.63, 3.8) is 0 Å². The highest BCUT2D eigenvalue weighted by Gasteiger charge is 2.36. The number of sulfonamides is 1. The minimum Gasteiger partial charge on any atom is -0.263 e. The molecule has 3 aromatic rings. The molecule has 3 aromatic carbocycles. The maximum Gasteiger partial charge on any atom is 0.265 e. The number of anilines is 1. The van der Waals surface area contributed by atoms with Gasteiger partial charge >= 0.3 is 0 Å². The maximum atomic E-state index is 13.7. The van der Waals surface area contributed by atoms with E-state index in [1.54, 1.807) is 74.5 Å². The number of sulfone groups is 1. The zero-order valence-electron chi connectivity index (χ0n) is 17.5. The fourth-order valence-corrected chi connectivity index (χ4v) is 6.98. The van der Waals surface area contributed by atoms with Crippen LogP contribution in [0.3, 0.4) is 0 Å². The van der Waals surface area contributed by atoms with Crippen LogP contribution in [0, 0.1) is 6.92 Å². The van der Waals surface area contributed by atoms with Gasteiger partial charge < -0.3 is 0 Å². The lowest BCUT2D eigenvalue weighted by atomic mass is 9.96. The number of aryl methyl sites for hydroxylation is 1. The summed E-state index contributed by atoms with van der Waals surface area (Å²) in [5, 5.41) is 1.19. The molecule has 1 aliphatic heterocycles. The Morgan fingerprint density at radius 3 is 2.19 bits per heavy atom. The minimum absolute atomic E-state index is 0.0949. The number of hydrogen-bond acceptors (Lipinski definition) is 4. The van der Waals surface area contributed by atoms with Crippen molar-refractivity contribution in [1.29, 1.82) is 0 Å². The molecule has 0 fully saturated rings. The normalized spacial score (nSPS) is 16.6. The highest BCUT2D eigenvalue weighted by molar-refractivity contribution is 7.94. The van der Waals surface area contributed by atoms with Gasteiger partial charge in [0.1, 0.15) is 0 Å². The largest absolute Gasteiger partial charge is 0.265 e. The molecule has 0 unspecified atom stereocenters. The van der Waals surface area contributed by atoms with Crippen LogP contribution in [0.4, 0.5) is 5.69 Å². The van der Waals surface area contributed by atoms with Gasteiger partial charge in [0.25, 0.3) is 10.0 Å². The first-order chi connectivity index (χ1) is 14.6. The number of nitrogens with zero attached hydrogens (tertiary/aromatic N) is 1. The Kier molecular flexibility index (Phi) is 5.27. The molecule has 4 rings (SSSR count). The smallest absolute Gasteiger partial charge is 0.263 e. The lowest BCUT2D eigenvalue weighted by Gasteiger charge is -2.28. The van der Waals surface area contributed by atoms with Crippen molar-refractivity contribution in [2.45, 2.75) is 36.6 Å². The number of fused-ring (bicyclic) bond motifs is 2. The molecule has 1 heterocycles. The number of para-hydroxylation sites is 1. The molecule has 0 N–H and O–H groups in total. The molecule has 0 spiro atoms. The average Bonchev–Trinajstić information content (AvgIpc) is 2.79. The Bertz CT molecular complexity index is 1390. The van der Waals surface area contributed by atoms with Gasteiger partial charge in [-0.2, -0.15) is 0 Å². The Labute approximate surface area is 183 Å². The second-order valence-corrected chi connectivity index (χ2v) is 11.4. The first-order valence-electron chi connectivity index (χ1n) is 9.89. The van der Waals surface area contributed by atoms with E-state index in [-0.39, 0.29) is 15.8 Å². The first-order valence-corrected chi connectivity index (χ1v) is 12.9. The molecule has 7 heteroatoms. The summed E-state index contributed by atoms with van der Waals surface area (Å²) >= 11 is 0. The monoisotopic (exact) mass is 453 g/mol.